The molecule has 0 spiro atoms. The number of rotatable bonds is 8. The van der Waals surface area contributed by atoms with E-state index in [0.29, 0.717) is 11.4 Å². The zero-order valence-electron chi connectivity index (χ0n) is 15.8. The van der Waals surface area contributed by atoms with Gasteiger partial charge in [0.2, 0.25) is 15.9 Å². The van der Waals surface area contributed by atoms with Crippen molar-refractivity contribution < 1.29 is 17.9 Å². The van der Waals surface area contributed by atoms with Crippen molar-refractivity contribution in [3.05, 3.63) is 48.0 Å². The van der Waals surface area contributed by atoms with Crippen LogP contribution in [0.2, 0.25) is 0 Å². The third kappa shape index (κ3) is 5.47. The minimum absolute atomic E-state index is 0.0919. The third-order valence-electron chi connectivity index (χ3n) is 3.91. The Balaban J connectivity index is 2.26. The zero-order chi connectivity index (χ0) is 20.0. The largest absolute Gasteiger partial charge is 0.496 e. The van der Waals surface area contributed by atoms with Gasteiger partial charge >= 0.3 is 0 Å². The molecule has 0 aromatic heterocycles. The number of anilines is 1. The summed E-state index contributed by atoms with van der Waals surface area (Å²) in [6, 6.07) is 11.9. The summed E-state index contributed by atoms with van der Waals surface area (Å²) < 4.78 is 33.2. The Kier molecular flexibility index (Phi) is 7.29. The average Bonchev–Trinajstić information content (AvgIpc) is 2.66. The molecule has 0 unspecified atom stereocenters. The molecule has 0 saturated carbocycles. The van der Waals surface area contributed by atoms with Gasteiger partial charge in [0.25, 0.3) is 0 Å². The topological polar surface area (TPSA) is 84.5 Å². The lowest BCUT2D eigenvalue weighted by atomic mass is 10.2. The molecule has 0 radical (unpaired) electrons. The van der Waals surface area contributed by atoms with Crippen LogP contribution in [0.4, 0.5) is 5.69 Å². The van der Waals surface area contributed by atoms with E-state index in [1.807, 2.05) is 18.4 Å². The molecule has 2 aromatic rings. The van der Waals surface area contributed by atoms with Gasteiger partial charge < -0.3 is 10.1 Å². The van der Waals surface area contributed by atoms with Crippen molar-refractivity contribution in [3.8, 4) is 5.75 Å². The van der Waals surface area contributed by atoms with Gasteiger partial charge in [0.1, 0.15) is 5.75 Å². The summed E-state index contributed by atoms with van der Waals surface area (Å²) in [5.74, 6) is 0.244. The maximum absolute atomic E-state index is 12.7. The van der Waals surface area contributed by atoms with Crippen LogP contribution in [0.25, 0.3) is 0 Å². The lowest BCUT2D eigenvalue weighted by Gasteiger charge is -2.14. The summed E-state index contributed by atoms with van der Waals surface area (Å²) in [6.07, 6.45) is 1.87. The van der Waals surface area contributed by atoms with Gasteiger partial charge in [-0.2, -0.15) is 0 Å². The van der Waals surface area contributed by atoms with E-state index in [9.17, 15) is 13.2 Å². The third-order valence-corrected chi connectivity index (χ3v) is 6.10. The van der Waals surface area contributed by atoms with Gasteiger partial charge in [0, 0.05) is 22.9 Å². The van der Waals surface area contributed by atoms with E-state index in [4.69, 9.17) is 4.74 Å². The zero-order valence-corrected chi connectivity index (χ0v) is 17.4. The van der Waals surface area contributed by atoms with E-state index in [1.165, 1.54) is 31.0 Å². The molecule has 0 atom stereocenters. The predicted octanol–water partition coefficient (Wildman–Crippen LogP) is 3.49. The fourth-order valence-electron chi connectivity index (χ4n) is 2.33. The fourth-order valence-corrected chi connectivity index (χ4v) is 3.90. The Hall–Kier alpha value is -2.03. The molecule has 2 rings (SSSR count). The standard InChI is InChI=1S/C19H24N2O4S2/c1-13(2)19(22)21-16-11-15(9-10-18(16)26-4)27(23,24)20-12-14-7-5-6-8-17(14)25-3/h5-11,13,20H,12H2,1-4H3,(H,21,22). The number of hydrogen-bond acceptors (Lipinski definition) is 5. The van der Waals surface area contributed by atoms with Gasteiger partial charge in [-0.1, -0.05) is 32.0 Å². The Labute approximate surface area is 164 Å². The highest BCUT2D eigenvalue weighted by atomic mass is 32.2. The van der Waals surface area contributed by atoms with Gasteiger partial charge in [-0.05, 0) is 30.5 Å². The van der Waals surface area contributed by atoms with E-state index in [1.54, 1.807) is 32.0 Å². The molecule has 0 aliphatic rings. The van der Waals surface area contributed by atoms with E-state index in [0.717, 1.165) is 10.5 Å². The van der Waals surface area contributed by atoms with Crippen LogP contribution in [0, 0.1) is 5.92 Å². The van der Waals surface area contributed by atoms with Crippen molar-refractivity contribution in [1.29, 1.82) is 0 Å². The quantitative estimate of drug-likeness (QED) is 0.653. The second-order valence-electron chi connectivity index (χ2n) is 6.14. The van der Waals surface area contributed by atoms with Crippen LogP contribution < -0.4 is 14.8 Å². The lowest BCUT2D eigenvalue weighted by molar-refractivity contribution is -0.118. The van der Waals surface area contributed by atoms with Crippen LogP contribution in [0.5, 0.6) is 5.75 Å². The Morgan fingerprint density at radius 3 is 2.52 bits per heavy atom. The SMILES string of the molecule is COc1ccccc1CNS(=O)(=O)c1ccc(SC)c(NC(=O)C(C)C)c1. The monoisotopic (exact) mass is 408 g/mol. The van der Waals surface area contributed by atoms with Crippen LogP contribution >= 0.6 is 11.8 Å². The van der Waals surface area contributed by atoms with Crippen LogP contribution in [-0.4, -0.2) is 27.7 Å². The Bertz CT molecular complexity index is 912. The molecule has 2 N–H and O–H groups in total. The van der Waals surface area contributed by atoms with E-state index in [2.05, 4.69) is 10.0 Å². The first-order chi connectivity index (χ1) is 12.8. The number of thioether (sulfide) groups is 1. The maximum Gasteiger partial charge on any atom is 0.240 e. The number of sulfonamides is 1. The van der Waals surface area contributed by atoms with Crippen molar-refractivity contribution in [1.82, 2.24) is 4.72 Å². The lowest BCUT2D eigenvalue weighted by Crippen LogP contribution is -2.24. The minimum atomic E-state index is -3.75. The molecule has 27 heavy (non-hydrogen) atoms. The van der Waals surface area contributed by atoms with E-state index in [-0.39, 0.29) is 23.3 Å². The molecule has 0 saturated heterocycles. The molecule has 1 amide bonds. The summed E-state index contributed by atoms with van der Waals surface area (Å²) in [6.45, 7) is 3.66. The van der Waals surface area contributed by atoms with Crippen molar-refractivity contribution >= 4 is 33.4 Å². The minimum Gasteiger partial charge on any atom is -0.496 e. The summed E-state index contributed by atoms with van der Waals surface area (Å²) in [7, 11) is -2.21. The molecule has 0 fully saturated rings. The molecule has 0 bridgehead atoms. The smallest absolute Gasteiger partial charge is 0.240 e. The number of carbonyl (C=O) groups excluding carboxylic acids is 1. The Morgan fingerprint density at radius 2 is 1.89 bits per heavy atom. The van der Waals surface area contributed by atoms with E-state index >= 15 is 0 Å². The first kappa shape index (κ1) is 21.3. The fraction of sp³-hybridized carbons (Fsp3) is 0.316. The summed E-state index contributed by atoms with van der Waals surface area (Å²) in [5.41, 5.74) is 1.22. The highest BCUT2D eigenvalue weighted by Gasteiger charge is 2.18. The molecule has 2 aromatic carbocycles. The van der Waals surface area contributed by atoms with Gasteiger partial charge in [-0.15, -0.1) is 11.8 Å². The van der Waals surface area contributed by atoms with Crippen molar-refractivity contribution in [3.63, 3.8) is 0 Å². The van der Waals surface area contributed by atoms with Gasteiger partial charge in [0.05, 0.1) is 17.7 Å². The number of nitrogens with one attached hydrogen (secondary N) is 2. The first-order valence-corrected chi connectivity index (χ1v) is 11.1. The number of methoxy groups -OCH3 is 1. The highest BCUT2D eigenvalue weighted by molar-refractivity contribution is 7.98. The molecule has 0 aliphatic heterocycles. The summed E-state index contributed by atoms with van der Waals surface area (Å²) in [4.78, 5) is 12.9. The van der Waals surface area contributed by atoms with Gasteiger partial charge in [-0.25, -0.2) is 13.1 Å². The first-order valence-electron chi connectivity index (χ1n) is 8.39. The number of hydrogen-bond donors (Lipinski definition) is 2. The van der Waals surface area contributed by atoms with E-state index < -0.39 is 10.0 Å². The van der Waals surface area contributed by atoms with Crippen molar-refractivity contribution in [2.75, 3.05) is 18.7 Å². The Morgan fingerprint density at radius 1 is 1.19 bits per heavy atom. The molecule has 8 heteroatoms. The molecular weight excluding hydrogens is 384 g/mol. The molecular formula is C19H24N2O4S2. The van der Waals surface area contributed by atoms with Crippen LogP contribution in [0.1, 0.15) is 19.4 Å². The number of ether oxygens (including phenoxy) is 1. The second-order valence-corrected chi connectivity index (χ2v) is 8.76. The summed E-state index contributed by atoms with van der Waals surface area (Å²) in [5, 5.41) is 2.79. The number of para-hydroxylation sites is 1. The van der Waals surface area contributed by atoms with Crippen molar-refractivity contribution in [2.45, 2.75) is 30.2 Å². The van der Waals surface area contributed by atoms with Crippen LogP contribution in [0.3, 0.4) is 0 Å². The normalized spacial score (nSPS) is 11.4. The number of carbonyl (C=O) groups is 1. The molecule has 0 aliphatic carbocycles. The number of amides is 1. The second kappa shape index (κ2) is 9.25. The molecule has 146 valence electrons. The van der Waals surface area contributed by atoms with Gasteiger partial charge in [-0.3, -0.25) is 4.79 Å². The van der Waals surface area contributed by atoms with Crippen LogP contribution in [-0.2, 0) is 21.4 Å². The van der Waals surface area contributed by atoms with Crippen molar-refractivity contribution in [2.24, 2.45) is 5.92 Å². The molecule has 0 heterocycles. The summed E-state index contributed by atoms with van der Waals surface area (Å²) >= 11 is 1.44. The number of benzene rings is 2. The molecule has 6 nitrogen and oxygen atoms in total. The maximum atomic E-state index is 12.7. The predicted molar refractivity (Wildman–Crippen MR) is 109 cm³/mol. The average molecular weight is 409 g/mol. The highest BCUT2D eigenvalue weighted by Crippen LogP contribution is 2.29. The van der Waals surface area contributed by atoms with Gasteiger partial charge in [0.15, 0.2) is 0 Å². The van der Waals surface area contributed by atoms with Crippen LogP contribution in [0.15, 0.2) is 52.3 Å².